The molecule has 34 heavy (non-hydrogen) atoms. The first-order valence-electron chi connectivity index (χ1n) is 11.8. The van der Waals surface area contributed by atoms with E-state index in [2.05, 4.69) is 16.0 Å². The second kappa shape index (κ2) is 14.5. The molecule has 11 heteroatoms. The molecule has 0 aromatic rings. The summed E-state index contributed by atoms with van der Waals surface area (Å²) >= 11 is 3.17. The molecule has 0 aromatic heterocycles. The van der Waals surface area contributed by atoms with E-state index in [1.54, 1.807) is 37.4 Å². The largest absolute Gasteiger partial charge is 0.480 e. The van der Waals surface area contributed by atoms with Crippen LogP contribution < -0.4 is 16.0 Å². The number of carboxylic acid groups (broad SMARTS) is 2. The van der Waals surface area contributed by atoms with Crippen LogP contribution in [-0.2, 0) is 19.1 Å². The predicted octanol–water partition coefficient (Wildman–Crippen LogP) is 2.39. The molecule has 0 aliphatic heterocycles. The number of nitrogens with one attached hydrogen (secondary N) is 3. The molecule has 4 unspecified atom stereocenters. The van der Waals surface area contributed by atoms with Gasteiger partial charge in [0.15, 0.2) is 0 Å². The minimum Gasteiger partial charge on any atom is -0.480 e. The second-order valence-corrected chi connectivity index (χ2v) is 12.8. The number of ether oxygens (including phenoxy) is 1. The van der Waals surface area contributed by atoms with Crippen molar-refractivity contribution >= 4 is 41.4 Å². The fourth-order valence-corrected chi connectivity index (χ4v) is 6.28. The summed E-state index contributed by atoms with van der Waals surface area (Å²) in [4.78, 5) is 36.1. The van der Waals surface area contributed by atoms with Crippen LogP contribution in [0.15, 0.2) is 0 Å². The molecule has 0 spiro atoms. The third-order valence-electron chi connectivity index (χ3n) is 5.55. The lowest BCUT2D eigenvalue weighted by atomic mass is 9.88. The average molecular weight is 522 g/mol. The number of aliphatic carboxylic acids is 2. The Hall–Kier alpha value is -1.01. The maximum atomic E-state index is 12.7. The van der Waals surface area contributed by atoms with Gasteiger partial charge in [0.2, 0.25) is 5.91 Å². The maximum Gasteiger partial charge on any atom is 0.327 e. The zero-order chi connectivity index (χ0) is 25.9. The number of carbonyl (C=O) groups is 3. The van der Waals surface area contributed by atoms with Gasteiger partial charge in [0.05, 0.1) is 6.73 Å². The van der Waals surface area contributed by atoms with E-state index in [1.165, 1.54) is 0 Å². The molecule has 198 valence electrons. The van der Waals surface area contributed by atoms with Crippen LogP contribution >= 0.6 is 23.5 Å². The van der Waals surface area contributed by atoms with E-state index in [4.69, 9.17) is 4.74 Å². The summed E-state index contributed by atoms with van der Waals surface area (Å²) in [5, 5.41) is 28.5. The molecule has 0 heterocycles. The van der Waals surface area contributed by atoms with E-state index in [-0.39, 0.29) is 27.7 Å². The summed E-state index contributed by atoms with van der Waals surface area (Å²) in [6.07, 6.45) is 2.42. The maximum absolute atomic E-state index is 12.7. The zero-order valence-corrected chi connectivity index (χ0v) is 22.9. The standard InChI is InChI=1S/C23H43N3O6S2/c1-7-24-14-32-11-10-23(5,6)21(31)25-15(19(27)28)12-33-17-8-9-18(17)34-13-16(20(29)30)26-22(2,3)4/h15-18,24,26H,7-14H2,1-6H3,(H,25,31)(H,27,28)(H,29,30). The Bertz CT molecular complexity index is 672. The van der Waals surface area contributed by atoms with E-state index in [1.807, 2.05) is 27.7 Å². The molecule has 1 saturated carbocycles. The van der Waals surface area contributed by atoms with Gasteiger partial charge in [-0.3, -0.25) is 20.2 Å². The first-order chi connectivity index (χ1) is 15.8. The molecule has 0 aromatic carbocycles. The summed E-state index contributed by atoms with van der Waals surface area (Å²) in [6.45, 7) is 13.0. The number of hydrogen-bond donors (Lipinski definition) is 5. The van der Waals surface area contributed by atoms with Gasteiger partial charge in [-0.2, -0.15) is 23.5 Å². The summed E-state index contributed by atoms with van der Waals surface area (Å²) in [7, 11) is 0. The highest BCUT2D eigenvalue weighted by Crippen LogP contribution is 2.40. The van der Waals surface area contributed by atoms with E-state index < -0.39 is 29.4 Å². The van der Waals surface area contributed by atoms with Crippen molar-refractivity contribution in [2.45, 2.75) is 88.9 Å². The van der Waals surface area contributed by atoms with Gasteiger partial charge in [-0.25, -0.2) is 4.79 Å². The number of hydrogen-bond acceptors (Lipinski definition) is 8. The summed E-state index contributed by atoms with van der Waals surface area (Å²) < 4.78 is 5.45. The fourth-order valence-electron chi connectivity index (χ4n) is 3.17. The summed E-state index contributed by atoms with van der Waals surface area (Å²) in [5.41, 5.74) is -1.04. The predicted molar refractivity (Wildman–Crippen MR) is 138 cm³/mol. The number of carbonyl (C=O) groups excluding carboxylic acids is 1. The van der Waals surface area contributed by atoms with Crippen molar-refractivity contribution in [2.24, 2.45) is 5.41 Å². The Morgan fingerprint density at radius 1 is 0.971 bits per heavy atom. The molecule has 9 nitrogen and oxygen atoms in total. The molecule has 1 aliphatic rings. The van der Waals surface area contributed by atoms with Crippen LogP contribution in [0.5, 0.6) is 0 Å². The molecule has 0 bridgehead atoms. The minimum atomic E-state index is -1.05. The SMILES string of the molecule is CCNCOCCC(C)(C)C(=O)NC(CSC1CCC1SCC(NC(C)(C)C)C(=O)O)C(=O)O. The highest BCUT2D eigenvalue weighted by atomic mass is 32.2. The van der Waals surface area contributed by atoms with Gasteiger partial charge in [0, 0.05) is 39.6 Å². The topological polar surface area (TPSA) is 137 Å². The molecule has 1 rings (SSSR count). The van der Waals surface area contributed by atoms with Crippen molar-refractivity contribution in [1.82, 2.24) is 16.0 Å². The molecular weight excluding hydrogens is 478 g/mol. The fraction of sp³-hybridized carbons (Fsp3) is 0.870. The lowest BCUT2D eigenvalue weighted by Crippen LogP contribution is -2.50. The molecule has 1 fully saturated rings. The quantitative estimate of drug-likeness (QED) is 0.143. The Labute approximate surface area is 212 Å². The summed E-state index contributed by atoms with van der Waals surface area (Å²) in [5.74, 6) is -1.49. The van der Waals surface area contributed by atoms with Gasteiger partial charge in [-0.1, -0.05) is 20.8 Å². The molecular formula is C23H43N3O6S2. The van der Waals surface area contributed by atoms with Crippen molar-refractivity contribution in [1.29, 1.82) is 0 Å². The van der Waals surface area contributed by atoms with Crippen molar-refractivity contribution in [3.8, 4) is 0 Å². The zero-order valence-electron chi connectivity index (χ0n) is 21.3. The van der Waals surface area contributed by atoms with E-state index in [9.17, 15) is 24.6 Å². The minimum absolute atomic E-state index is 0.250. The van der Waals surface area contributed by atoms with Crippen LogP contribution in [0.4, 0.5) is 0 Å². The first-order valence-corrected chi connectivity index (χ1v) is 13.9. The molecule has 5 N–H and O–H groups in total. The van der Waals surface area contributed by atoms with E-state index >= 15 is 0 Å². The second-order valence-electron chi connectivity index (χ2n) is 10.3. The lowest BCUT2D eigenvalue weighted by Gasteiger charge is -2.37. The van der Waals surface area contributed by atoms with Crippen molar-refractivity contribution in [3.63, 3.8) is 0 Å². The van der Waals surface area contributed by atoms with E-state index in [0.29, 0.717) is 25.5 Å². The van der Waals surface area contributed by atoms with Crippen LogP contribution in [0, 0.1) is 5.41 Å². The Morgan fingerprint density at radius 2 is 1.50 bits per heavy atom. The van der Waals surface area contributed by atoms with Crippen LogP contribution in [0.2, 0.25) is 0 Å². The van der Waals surface area contributed by atoms with Crippen LogP contribution in [-0.4, -0.2) is 87.6 Å². The molecule has 0 saturated heterocycles. The van der Waals surface area contributed by atoms with Gasteiger partial charge >= 0.3 is 11.9 Å². The number of thioether (sulfide) groups is 2. The smallest absolute Gasteiger partial charge is 0.327 e. The Balaban J connectivity index is 2.51. The molecule has 1 amide bonds. The monoisotopic (exact) mass is 521 g/mol. The highest BCUT2D eigenvalue weighted by Gasteiger charge is 2.36. The lowest BCUT2D eigenvalue weighted by molar-refractivity contribution is -0.143. The van der Waals surface area contributed by atoms with Gasteiger partial charge in [-0.05, 0) is 46.6 Å². The highest BCUT2D eigenvalue weighted by molar-refractivity contribution is 8.04. The van der Waals surface area contributed by atoms with E-state index in [0.717, 1.165) is 19.4 Å². The van der Waals surface area contributed by atoms with Gasteiger partial charge in [0.1, 0.15) is 12.1 Å². The average Bonchev–Trinajstić information content (AvgIpc) is 2.70. The normalized spacial score (nSPS) is 20.3. The molecule has 0 radical (unpaired) electrons. The van der Waals surface area contributed by atoms with Gasteiger partial charge < -0.3 is 20.3 Å². The van der Waals surface area contributed by atoms with Gasteiger partial charge in [0.25, 0.3) is 0 Å². The van der Waals surface area contributed by atoms with Gasteiger partial charge in [-0.15, -0.1) is 0 Å². The first kappa shape index (κ1) is 31.0. The van der Waals surface area contributed by atoms with Crippen molar-refractivity contribution in [3.05, 3.63) is 0 Å². The molecule has 4 atom stereocenters. The number of rotatable bonds is 17. The Kier molecular flexibility index (Phi) is 13.3. The van der Waals surface area contributed by atoms with Crippen LogP contribution in [0.1, 0.15) is 60.8 Å². The third-order valence-corrected chi connectivity index (χ3v) is 8.76. The third kappa shape index (κ3) is 11.6. The number of carboxylic acids is 2. The van der Waals surface area contributed by atoms with Crippen molar-refractivity contribution < 1.29 is 29.3 Å². The van der Waals surface area contributed by atoms with Crippen LogP contribution in [0.3, 0.4) is 0 Å². The number of amides is 1. The van der Waals surface area contributed by atoms with Crippen molar-refractivity contribution in [2.75, 3.05) is 31.4 Å². The Morgan fingerprint density at radius 3 is 1.94 bits per heavy atom. The van der Waals surface area contributed by atoms with Crippen LogP contribution in [0.25, 0.3) is 0 Å². The molecule has 1 aliphatic carbocycles. The summed E-state index contributed by atoms with van der Waals surface area (Å²) in [6, 6.07) is -1.61.